The molecular formula is C21H37N2O2. The van der Waals surface area contributed by atoms with E-state index in [0.717, 1.165) is 12.8 Å². The Balaban J connectivity index is 0.000000593. The van der Waals surface area contributed by atoms with Gasteiger partial charge in [-0.05, 0) is 24.6 Å². The predicted molar refractivity (Wildman–Crippen MR) is 107 cm³/mol. The molecule has 25 heavy (non-hydrogen) atoms. The van der Waals surface area contributed by atoms with Crippen LogP contribution in [0.15, 0.2) is 24.3 Å². The summed E-state index contributed by atoms with van der Waals surface area (Å²) in [6.07, 6.45) is 15.5. The molecule has 1 aromatic carbocycles. The highest BCUT2D eigenvalue weighted by Crippen LogP contribution is 2.12. The van der Waals surface area contributed by atoms with Crippen molar-refractivity contribution in [3.63, 3.8) is 0 Å². The average Bonchev–Trinajstić information content (AvgIpc) is 2.56. The van der Waals surface area contributed by atoms with Crippen molar-refractivity contribution >= 4 is 17.3 Å². The molecule has 0 aliphatic heterocycles. The van der Waals surface area contributed by atoms with Gasteiger partial charge in [-0.3, -0.25) is 0 Å². The number of anilines is 2. The number of carbonyl (C=O) groups excluding carboxylic acids is 1. The van der Waals surface area contributed by atoms with Gasteiger partial charge in [-0.25, -0.2) is 9.90 Å². The van der Waals surface area contributed by atoms with Gasteiger partial charge < -0.3 is 11.5 Å². The van der Waals surface area contributed by atoms with Crippen LogP contribution >= 0.6 is 0 Å². The Hall–Kier alpha value is -1.71. The number of nitrogens with two attached hydrogens (primary N) is 2. The zero-order valence-electron chi connectivity index (χ0n) is 16.0. The van der Waals surface area contributed by atoms with Crippen molar-refractivity contribution in [2.75, 3.05) is 11.5 Å². The molecule has 0 bridgehead atoms. The van der Waals surface area contributed by atoms with Crippen LogP contribution in [0.2, 0.25) is 0 Å². The Labute approximate surface area is 154 Å². The van der Waals surface area contributed by atoms with E-state index in [9.17, 15) is 9.90 Å². The molecule has 0 aliphatic carbocycles. The number of hydrogen-bond acceptors (Lipinski definition) is 3. The SMILES string of the molecule is CCCCCCCCCCCCCCC([O])=O.Nc1cccc(N)c1. The molecule has 0 saturated carbocycles. The van der Waals surface area contributed by atoms with Crippen LogP contribution in [0.25, 0.3) is 0 Å². The van der Waals surface area contributed by atoms with Gasteiger partial charge in [-0.2, -0.15) is 0 Å². The summed E-state index contributed by atoms with van der Waals surface area (Å²) in [6, 6.07) is 7.15. The third kappa shape index (κ3) is 18.5. The van der Waals surface area contributed by atoms with Crippen molar-refractivity contribution in [2.24, 2.45) is 0 Å². The third-order valence-corrected chi connectivity index (χ3v) is 4.15. The van der Waals surface area contributed by atoms with Gasteiger partial charge in [-0.15, -0.1) is 0 Å². The van der Waals surface area contributed by atoms with Gasteiger partial charge in [0.2, 0.25) is 0 Å². The topological polar surface area (TPSA) is 89.0 Å². The van der Waals surface area contributed by atoms with Crippen molar-refractivity contribution in [1.29, 1.82) is 0 Å². The highest BCUT2D eigenvalue weighted by Gasteiger charge is 1.98. The first-order valence-electron chi connectivity index (χ1n) is 9.87. The van der Waals surface area contributed by atoms with Crippen molar-refractivity contribution in [1.82, 2.24) is 0 Å². The third-order valence-electron chi connectivity index (χ3n) is 4.15. The lowest BCUT2D eigenvalue weighted by molar-refractivity contribution is -0.143. The molecule has 0 heterocycles. The summed E-state index contributed by atoms with van der Waals surface area (Å²) < 4.78 is 0. The summed E-state index contributed by atoms with van der Waals surface area (Å²) in [5.41, 5.74) is 12.2. The fraction of sp³-hybridized carbons (Fsp3) is 0.667. The van der Waals surface area contributed by atoms with E-state index in [1.807, 2.05) is 6.07 Å². The van der Waals surface area contributed by atoms with Crippen molar-refractivity contribution in [3.05, 3.63) is 24.3 Å². The molecule has 1 rings (SSSR count). The zero-order chi connectivity index (χ0) is 18.8. The Morgan fingerprint density at radius 2 is 1.16 bits per heavy atom. The summed E-state index contributed by atoms with van der Waals surface area (Å²) >= 11 is 0. The van der Waals surface area contributed by atoms with E-state index in [0.29, 0.717) is 11.4 Å². The predicted octanol–water partition coefficient (Wildman–Crippen LogP) is 5.89. The van der Waals surface area contributed by atoms with Crippen LogP contribution in [0.4, 0.5) is 11.4 Å². The molecule has 0 amide bonds. The monoisotopic (exact) mass is 349 g/mol. The minimum Gasteiger partial charge on any atom is -0.399 e. The lowest BCUT2D eigenvalue weighted by atomic mass is 10.0. The van der Waals surface area contributed by atoms with Crippen LogP contribution in [0.1, 0.15) is 90.4 Å². The van der Waals surface area contributed by atoms with Crippen LogP contribution < -0.4 is 11.5 Å². The fourth-order valence-corrected chi connectivity index (χ4v) is 2.67. The van der Waals surface area contributed by atoms with Crippen LogP contribution in [0.3, 0.4) is 0 Å². The van der Waals surface area contributed by atoms with E-state index in [1.165, 1.54) is 64.2 Å². The number of carbonyl (C=O) groups is 1. The van der Waals surface area contributed by atoms with E-state index in [2.05, 4.69) is 6.92 Å². The maximum absolute atomic E-state index is 10.2. The first-order chi connectivity index (χ1) is 12.1. The quantitative estimate of drug-likeness (QED) is 0.344. The second-order valence-electron chi connectivity index (χ2n) is 6.68. The van der Waals surface area contributed by atoms with Crippen molar-refractivity contribution < 1.29 is 9.90 Å². The molecule has 1 aromatic rings. The first kappa shape index (κ1) is 23.3. The van der Waals surface area contributed by atoms with Gasteiger partial charge in [0.25, 0.3) is 0 Å². The molecule has 0 atom stereocenters. The van der Waals surface area contributed by atoms with E-state index in [4.69, 9.17) is 11.5 Å². The van der Waals surface area contributed by atoms with Gasteiger partial charge in [0.1, 0.15) is 0 Å². The summed E-state index contributed by atoms with van der Waals surface area (Å²) in [6.45, 7) is 2.25. The normalized spacial score (nSPS) is 10.1. The van der Waals surface area contributed by atoms with Gasteiger partial charge in [0, 0.05) is 11.4 Å². The molecule has 0 spiro atoms. The van der Waals surface area contributed by atoms with Gasteiger partial charge in [0.05, 0.1) is 6.42 Å². The van der Waals surface area contributed by atoms with Crippen molar-refractivity contribution in [2.45, 2.75) is 90.4 Å². The second-order valence-corrected chi connectivity index (χ2v) is 6.68. The molecular weight excluding hydrogens is 312 g/mol. The molecule has 0 fully saturated rings. The van der Waals surface area contributed by atoms with E-state index >= 15 is 0 Å². The molecule has 143 valence electrons. The number of unbranched alkanes of at least 4 members (excludes halogenated alkanes) is 11. The minimum atomic E-state index is -0.905. The Morgan fingerprint density at radius 3 is 1.48 bits per heavy atom. The van der Waals surface area contributed by atoms with E-state index < -0.39 is 5.97 Å². The molecule has 4 heteroatoms. The lowest BCUT2D eigenvalue weighted by Crippen LogP contribution is -1.91. The lowest BCUT2D eigenvalue weighted by Gasteiger charge is -2.01. The van der Waals surface area contributed by atoms with Crippen LogP contribution in [0, 0.1) is 0 Å². The summed E-state index contributed by atoms with van der Waals surface area (Å²) in [4.78, 5) is 10.2. The Kier molecular flexibility index (Phi) is 16.0. The molecule has 1 radical (unpaired) electrons. The molecule has 0 saturated heterocycles. The summed E-state index contributed by atoms with van der Waals surface area (Å²) in [7, 11) is 0. The van der Waals surface area contributed by atoms with Gasteiger partial charge in [-0.1, -0.05) is 83.6 Å². The highest BCUT2D eigenvalue weighted by atomic mass is 16.4. The zero-order valence-corrected chi connectivity index (χ0v) is 16.0. The Morgan fingerprint density at radius 1 is 0.760 bits per heavy atom. The standard InChI is InChI=1S/C15H29O2.C6H8N2/c1-2-3-4-5-6-7-8-9-10-11-12-13-14-15(16)17;7-5-2-1-3-6(8)4-5/h2-14H2,1H3;1-4H,7-8H2. The maximum Gasteiger partial charge on any atom is 0.355 e. The number of rotatable bonds is 13. The maximum atomic E-state index is 10.2. The van der Waals surface area contributed by atoms with Crippen LogP contribution in [0.5, 0.6) is 0 Å². The van der Waals surface area contributed by atoms with Gasteiger partial charge in [0.15, 0.2) is 0 Å². The van der Waals surface area contributed by atoms with Crippen LogP contribution in [-0.4, -0.2) is 5.97 Å². The molecule has 0 aromatic heterocycles. The van der Waals surface area contributed by atoms with Gasteiger partial charge >= 0.3 is 5.97 Å². The molecule has 4 nitrogen and oxygen atoms in total. The smallest absolute Gasteiger partial charge is 0.355 e. The summed E-state index contributed by atoms with van der Waals surface area (Å²) in [5, 5.41) is 10.2. The number of hydrogen-bond donors (Lipinski definition) is 2. The van der Waals surface area contributed by atoms with E-state index in [-0.39, 0.29) is 6.42 Å². The van der Waals surface area contributed by atoms with Crippen molar-refractivity contribution in [3.8, 4) is 0 Å². The molecule has 0 unspecified atom stereocenters. The average molecular weight is 350 g/mol. The molecule has 4 N–H and O–H groups in total. The van der Waals surface area contributed by atoms with E-state index in [1.54, 1.807) is 18.2 Å². The Bertz CT molecular complexity index is 418. The first-order valence-corrected chi connectivity index (χ1v) is 9.87. The molecule has 0 aliphatic rings. The van der Waals surface area contributed by atoms with Crippen LogP contribution in [-0.2, 0) is 9.90 Å². The number of benzene rings is 1. The second kappa shape index (κ2) is 17.1. The minimum absolute atomic E-state index is 0.234. The highest BCUT2D eigenvalue weighted by molar-refractivity contribution is 5.66. The number of nitrogen functional groups attached to an aromatic ring is 2. The fourth-order valence-electron chi connectivity index (χ4n) is 2.67. The largest absolute Gasteiger partial charge is 0.399 e. The summed E-state index contributed by atoms with van der Waals surface area (Å²) in [5.74, 6) is -0.905.